The van der Waals surface area contributed by atoms with Crippen molar-refractivity contribution in [2.45, 2.75) is 6.42 Å². The third kappa shape index (κ3) is 4.55. The molecule has 2 N–H and O–H groups in total. The summed E-state index contributed by atoms with van der Waals surface area (Å²) in [5.74, 6) is -4.56. The van der Waals surface area contributed by atoms with Gasteiger partial charge in [-0.05, 0) is 21.5 Å². The zero-order chi connectivity index (χ0) is 25.0. The van der Waals surface area contributed by atoms with Crippen LogP contribution >= 0.6 is 11.8 Å². The Morgan fingerprint density at radius 3 is 1.57 bits per heavy atom. The molecule has 0 aromatic heterocycles. The molecule has 0 aliphatic rings. The van der Waals surface area contributed by atoms with E-state index < -0.39 is 28.9 Å². The molecule has 0 radical (unpaired) electrons. The van der Waals surface area contributed by atoms with Gasteiger partial charge >= 0.3 is 11.9 Å². The molecule has 0 unspecified atom stereocenters. The topological polar surface area (TPSA) is 109 Å². The van der Waals surface area contributed by atoms with Crippen LogP contribution in [0.2, 0.25) is 0 Å². The summed E-state index contributed by atoms with van der Waals surface area (Å²) in [6.07, 6.45) is -0.217. The minimum atomic E-state index is -2.43. The van der Waals surface area contributed by atoms with Crippen molar-refractivity contribution in [3.63, 3.8) is 0 Å². The molecule has 6 nitrogen and oxygen atoms in total. The fourth-order valence-electron chi connectivity index (χ4n) is 4.18. The predicted octanol–water partition coefficient (Wildman–Crippen LogP) is 5.34. The molecule has 4 aromatic rings. The number of aliphatic carboxylic acids is 2. The first-order valence-electron chi connectivity index (χ1n) is 10.9. The molecule has 0 atom stereocenters. The normalized spacial score (nSPS) is 11.4. The number of rotatable bonds is 10. The zero-order valence-corrected chi connectivity index (χ0v) is 19.5. The number of thioether (sulfide) groups is 1. The number of benzene rings is 4. The van der Waals surface area contributed by atoms with Gasteiger partial charge in [-0.2, -0.15) is 11.8 Å². The summed E-state index contributed by atoms with van der Waals surface area (Å²) < 4.78 is 0. The van der Waals surface area contributed by atoms with E-state index in [9.17, 15) is 24.3 Å². The van der Waals surface area contributed by atoms with E-state index in [0.29, 0.717) is 10.8 Å². The lowest BCUT2D eigenvalue weighted by Crippen LogP contribution is -2.49. The Balaban J connectivity index is 1.90. The van der Waals surface area contributed by atoms with Crippen LogP contribution in [0.25, 0.3) is 21.5 Å². The SMILES string of the molecule is O=C(O)CCSCC(C(=O)O)(C(=O)c1cccc2ccccc12)C(=O)c1cccc2ccccc12. The van der Waals surface area contributed by atoms with Crippen molar-refractivity contribution in [1.29, 1.82) is 0 Å². The van der Waals surface area contributed by atoms with E-state index in [1.165, 1.54) is 12.1 Å². The van der Waals surface area contributed by atoms with Crippen LogP contribution in [0.3, 0.4) is 0 Å². The number of carboxylic acid groups (broad SMARTS) is 2. The second-order valence-electron chi connectivity index (χ2n) is 8.12. The maximum atomic E-state index is 14.1. The Morgan fingerprint density at radius 2 is 1.11 bits per heavy atom. The fraction of sp³-hybridized carbons (Fsp3) is 0.143. The van der Waals surface area contributed by atoms with Gasteiger partial charge in [-0.1, -0.05) is 84.9 Å². The molecule has 0 heterocycles. The highest BCUT2D eigenvalue weighted by Crippen LogP contribution is 2.36. The molecule has 4 aromatic carbocycles. The Bertz CT molecular complexity index is 1360. The van der Waals surface area contributed by atoms with Gasteiger partial charge in [0.05, 0.1) is 6.42 Å². The lowest BCUT2D eigenvalue weighted by Gasteiger charge is -2.27. The zero-order valence-electron chi connectivity index (χ0n) is 18.6. The van der Waals surface area contributed by atoms with Gasteiger partial charge in [0.25, 0.3) is 0 Å². The summed E-state index contributed by atoms with van der Waals surface area (Å²) in [6.45, 7) is 0. The average Bonchev–Trinajstić information content (AvgIpc) is 2.87. The molecule has 4 rings (SSSR count). The third-order valence-corrected chi connectivity index (χ3v) is 7.12. The van der Waals surface area contributed by atoms with Gasteiger partial charge in [-0.3, -0.25) is 19.2 Å². The molecule has 0 spiro atoms. The molecular formula is C28H22O6S. The number of carboxylic acids is 2. The van der Waals surface area contributed by atoms with Gasteiger partial charge < -0.3 is 10.2 Å². The largest absolute Gasteiger partial charge is 0.481 e. The van der Waals surface area contributed by atoms with E-state index in [2.05, 4.69) is 0 Å². The monoisotopic (exact) mass is 486 g/mol. The Hall–Kier alpha value is -3.97. The second kappa shape index (κ2) is 10.1. The van der Waals surface area contributed by atoms with Crippen LogP contribution in [0.1, 0.15) is 27.1 Å². The summed E-state index contributed by atoms with van der Waals surface area (Å²) >= 11 is 0.970. The standard InChI is InChI=1S/C28H22O6S/c29-24(30)15-16-35-17-28(27(33)34,25(31)22-13-5-9-18-7-1-3-11-20(18)22)26(32)23-14-6-10-19-8-2-4-12-21(19)23/h1-14H,15-17H2,(H,29,30)(H,33,34). The van der Waals surface area contributed by atoms with Crippen molar-refractivity contribution in [2.75, 3.05) is 11.5 Å². The van der Waals surface area contributed by atoms with Crippen LogP contribution in [0.5, 0.6) is 0 Å². The molecule has 0 saturated carbocycles. The Kier molecular flexibility index (Phi) is 6.98. The molecule has 0 saturated heterocycles. The quantitative estimate of drug-likeness (QED) is 0.177. The molecule has 35 heavy (non-hydrogen) atoms. The number of hydrogen-bond acceptors (Lipinski definition) is 5. The highest BCUT2D eigenvalue weighted by Gasteiger charge is 2.53. The van der Waals surface area contributed by atoms with Crippen LogP contribution in [0.4, 0.5) is 0 Å². The first-order valence-corrected chi connectivity index (χ1v) is 12.1. The van der Waals surface area contributed by atoms with Crippen molar-refractivity contribution in [3.05, 3.63) is 96.1 Å². The Labute approximate surface area is 205 Å². The van der Waals surface area contributed by atoms with Gasteiger partial charge in [0, 0.05) is 22.6 Å². The van der Waals surface area contributed by atoms with E-state index in [-0.39, 0.29) is 29.1 Å². The number of Topliss-reactive ketones (excluding diaryl/α,β-unsaturated/α-hetero) is 2. The molecule has 7 heteroatoms. The highest BCUT2D eigenvalue weighted by molar-refractivity contribution is 7.99. The maximum absolute atomic E-state index is 14.1. The van der Waals surface area contributed by atoms with Crippen molar-refractivity contribution in [1.82, 2.24) is 0 Å². The number of carbonyl (C=O) groups is 4. The van der Waals surface area contributed by atoms with E-state index in [0.717, 1.165) is 22.5 Å². The van der Waals surface area contributed by atoms with Crippen molar-refractivity contribution in [3.8, 4) is 0 Å². The first kappa shape index (κ1) is 24.2. The number of hydrogen-bond donors (Lipinski definition) is 2. The van der Waals surface area contributed by atoms with Crippen LogP contribution in [0, 0.1) is 5.41 Å². The predicted molar refractivity (Wildman–Crippen MR) is 136 cm³/mol. The minimum Gasteiger partial charge on any atom is -0.481 e. The summed E-state index contributed by atoms with van der Waals surface area (Å²) in [7, 11) is 0. The lowest BCUT2D eigenvalue weighted by atomic mass is 9.74. The van der Waals surface area contributed by atoms with Gasteiger partial charge in [-0.15, -0.1) is 0 Å². The lowest BCUT2D eigenvalue weighted by molar-refractivity contribution is -0.142. The number of carbonyl (C=O) groups excluding carboxylic acids is 2. The second-order valence-corrected chi connectivity index (χ2v) is 9.22. The third-order valence-electron chi connectivity index (χ3n) is 5.99. The van der Waals surface area contributed by atoms with E-state index in [4.69, 9.17) is 5.11 Å². The highest BCUT2D eigenvalue weighted by atomic mass is 32.2. The van der Waals surface area contributed by atoms with Crippen molar-refractivity contribution >= 4 is 56.8 Å². The van der Waals surface area contributed by atoms with Gasteiger partial charge in [0.2, 0.25) is 5.41 Å². The van der Waals surface area contributed by atoms with Gasteiger partial charge in [0.1, 0.15) is 0 Å². The molecule has 0 aliphatic carbocycles. The summed E-state index contributed by atoms with van der Waals surface area (Å²) in [5, 5.41) is 22.1. The molecular weight excluding hydrogens is 464 g/mol. The smallest absolute Gasteiger partial charge is 0.326 e. The van der Waals surface area contributed by atoms with Gasteiger partial charge in [0.15, 0.2) is 11.6 Å². The minimum absolute atomic E-state index is 0.0655. The van der Waals surface area contributed by atoms with Crippen LogP contribution < -0.4 is 0 Å². The fourth-order valence-corrected chi connectivity index (χ4v) is 5.34. The molecule has 176 valence electrons. The average molecular weight is 487 g/mol. The van der Waals surface area contributed by atoms with E-state index >= 15 is 0 Å². The maximum Gasteiger partial charge on any atom is 0.326 e. The van der Waals surface area contributed by atoms with E-state index in [1.54, 1.807) is 36.4 Å². The van der Waals surface area contributed by atoms with Crippen LogP contribution in [0.15, 0.2) is 84.9 Å². The molecule has 0 bridgehead atoms. The molecule has 0 aliphatic heterocycles. The van der Waals surface area contributed by atoms with Crippen molar-refractivity contribution < 1.29 is 29.4 Å². The van der Waals surface area contributed by atoms with Crippen molar-refractivity contribution in [2.24, 2.45) is 5.41 Å². The molecule has 0 amide bonds. The summed E-state index contributed by atoms with van der Waals surface area (Å²) in [4.78, 5) is 52.0. The molecule has 0 fully saturated rings. The number of fused-ring (bicyclic) bond motifs is 2. The van der Waals surface area contributed by atoms with Crippen LogP contribution in [-0.2, 0) is 9.59 Å². The first-order chi connectivity index (χ1) is 16.9. The summed E-state index contributed by atoms with van der Waals surface area (Å²) in [6, 6.07) is 24.1. The van der Waals surface area contributed by atoms with Crippen LogP contribution in [-0.4, -0.2) is 45.2 Å². The summed E-state index contributed by atoms with van der Waals surface area (Å²) in [5.41, 5.74) is -2.16. The Morgan fingerprint density at radius 1 is 0.657 bits per heavy atom. The number of ketones is 2. The van der Waals surface area contributed by atoms with Gasteiger partial charge in [-0.25, -0.2) is 0 Å². The van der Waals surface area contributed by atoms with E-state index in [1.807, 2.05) is 36.4 Å².